The third kappa shape index (κ3) is 2.19. The lowest BCUT2D eigenvalue weighted by Gasteiger charge is -2.29. The molecular weight excluding hydrogens is 364 g/mol. The van der Waals surface area contributed by atoms with Gasteiger partial charge in [-0.15, -0.1) is 0 Å². The Kier molecular flexibility index (Phi) is 3.44. The molecule has 4 aliphatic rings. The van der Waals surface area contributed by atoms with Gasteiger partial charge in [0.05, 0.1) is 0 Å². The summed E-state index contributed by atoms with van der Waals surface area (Å²) < 4.78 is 6.27. The highest BCUT2D eigenvalue weighted by atomic mass is 16.5. The summed E-state index contributed by atoms with van der Waals surface area (Å²) >= 11 is 0. The molecule has 0 aliphatic heterocycles. The number of ether oxygens (including phenoxy) is 1. The molecule has 1 spiro atoms. The monoisotopic (exact) mass is 392 g/mol. The van der Waals surface area contributed by atoms with Crippen LogP contribution in [0.4, 0.5) is 0 Å². The van der Waals surface area contributed by atoms with Crippen LogP contribution in [0.1, 0.15) is 43.7 Å². The molecule has 4 aliphatic carbocycles. The molecule has 3 aromatic rings. The Hall–Kier alpha value is -2.54. The van der Waals surface area contributed by atoms with Crippen LogP contribution in [0.25, 0.3) is 11.1 Å². The van der Waals surface area contributed by atoms with Gasteiger partial charge in [-0.1, -0.05) is 55.5 Å². The molecule has 1 heteroatoms. The quantitative estimate of drug-likeness (QED) is 0.440. The fraction of sp³-hybridized carbons (Fsp3) is 0.379. The van der Waals surface area contributed by atoms with Crippen molar-refractivity contribution in [1.29, 1.82) is 0 Å². The molecule has 0 heterocycles. The predicted molar refractivity (Wildman–Crippen MR) is 121 cm³/mol. The average Bonchev–Trinajstić information content (AvgIpc) is 3.49. The summed E-state index contributed by atoms with van der Waals surface area (Å²) in [6, 6.07) is 26.2. The Morgan fingerprint density at radius 2 is 1.47 bits per heavy atom. The molecule has 6 unspecified atom stereocenters. The molecule has 7 rings (SSSR count). The Bertz CT molecular complexity index is 1130. The van der Waals surface area contributed by atoms with Crippen molar-refractivity contribution in [1.82, 2.24) is 0 Å². The van der Waals surface area contributed by atoms with E-state index in [-0.39, 0.29) is 5.41 Å². The van der Waals surface area contributed by atoms with Crippen LogP contribution in [0.3, 0.4) is 0 Å². The molecule has 0 amide bonds. The average molecular weight is 393 g/mol. The van der Waals surface area contributed by atoms with Gasteiger partial charge in [-0.2, -0.15) is 0 Å². The Balaban J connectivity index is 1.35. The van der Waals surface area contributed by atoms with Crippen molar-refractivity contribution in [2.24, 2.45) is 29.6 Å². The first-order valence-corrected chi connectivity index (χ1v) is 11.7. The van der Waals surface area contributed by atoms with E-state index < -0.39 is 0 Å². The van der Waals surface area contributed by atoms with E-state index in [0.29, 0.717) is 0 Å². The van der Waals surface area contributed by atoms with Crippen molar-refractivity contribution >= 4 is 0 Å². The van der Waals surface area contributed by atoms with Crippen LogP contribution in [-0.4, -0.2) is 0 Å². The fourth-order valence-corrected chi connectivity index (χ4v) is 8.02. The largest absolute Gasteiger partial charge is 0.457 e. The van der Waals surface area contributed by atoms with Gasteiger partial charge in [0.1, 0.15) is 11.5 Å². The lowest BCUT2D eigenvalue weighted by Crippen LogP contribution is -2.23. The Morgan fingerprint density at radius 1 is 0.700 bits per heavy atom. The lowest BCUT2D eigenvalue weighted by atomic mass is 9.74. The number of fused-ring (bicyclic) bond motifs is 10. The maximum absolute atomic E-state index is 6.27. The molecule has 6 atom stereocenters. The molecule has 3 aromatic carbocycles. The summed E-state index contributed by atoms with van der Waals surface area (Å²) in [7, 11) is 0. The SMILES string of the molecule is CC1CC2CC1C1CC3(CC21)c1ccccc1-c1ccc(Oc2ccccc2)cc13. The molecule has 0 aromatic heterocycles. The number of benzene rings is 3. The summed E-state index contributed by atoms with van der Waals surface area (Å²) in [5, 5.41) is 0. The maximum Gasteiger partial charge on any atom is 0.127 e. The van der Waals surface area contributed by atoms with Crippen molar-refractivity contribution in [3.8, 4) is 22.6 Å². The number of rotatable bonds is 2. The van der Waals surface area contributed by atoms with Gasteiger partial charge >= 0.3 is 0 Å². The van der Waals surface area contributed by atoms with Gasteiger partial charge in [-0.25, -0.2) is 0 Å². The zero-order chi connectivity index (χ0) is 19.9. The zero-order valence-corrected chi connectivity index (χ0v) is 17.6. The first-order chi connectivity index (χ1) is 14.7. The van der Waals surface area contributed by atoms with Crippen molar-refractivity contribution in [2.75, 3.05) is 0 Å². The summed E-state index contributed by atoms with van der Waals surface area (Å²) in [6.07, 6.45) is 5.64. The second kappa shape index (κ2) is 6.00. The van der Waals surface area contributed by atoms with Crippen LogP contribution in [0, 0.1) is 29.6 Å². The van der Waals surface area contributed by atoms with E-state index in [1.54, 1.807) is 5.56 Å². The highest BCUT2D eigenvalue weighted by molar-refractivity contribution is 5.82. The predicted octanol–water partition coefficient (Wildman–Crippen LogP) is 7.45. The summed E-state index contributed by atoms with van der Waals surface area (Å²) in [6.45, 7) is 2.51. The van der Waals surface area contributed by atoms with E-state index in [2.05, 4.69) is 49.4 Å². The van der Waals surface area contributed by atoms with Crippen LogP contribution in [-0.2, 0) is 5.41 Å². The van der Waals surface area contributed by atoms with Gasteiger partial charge in [0.15, 0.2) is 0 Å². The molecule has 1 nitrogen and oxygen atoms in total. The molecular formula is C29H28O. The molecule has 3 fully saturated rings. The highest BCUT2D eigenvalue weighted by Crippen LogP contribution is 2.69. The van der Waals surface area contributed by atoms with E-state index in [9.17, 15) is 0 Å². The molecule has 2 bridgehead atoms. The zero-order valence-electron chi connectivity index (χ0n) is 17.6. The van der Waals surface area contributed by atoms with Gasteiger partial charge in [0, 0.05) is 5.41 Å². The third-order valence-electron chi connectivity index (χ3n) is 9.07. The van der Waals surface area contributed by atoms with E-state index in [1.807, 2.05) is 30.3 Å². The molecule has 0 saturated heterocycles. The topological polar surface area (TPSA) is 9.23 Å². The summed E-state index contributed by atoms with van der Waals surface area (Å²) in [4.78, 5) is 0. The molecule has 0 N–H and O–H groups in total. The second-order valence-corrected chi connectivity index (χ2v) is 10.4. The van der Waals surface area contributed by atoms with Gasteiger partial charge in [-0.3, -0.25) is 0 Å². The van der Waals surface area contributed by atoms with Crippen LogP contribution in [0.2, 0.25) is 0 Å². The Morgan fingerprint density at radius 3 is 2.37 bits per heavy atom. The van der Waals surface area contributed by atoms with Crippen LogP contribution < -0.4 is 4.74 Å². The maximum atomic E-state index is 6.27. The number of hydrogen-bond donors (Lipinski definition) is 0. The van der Waals surface area contributed by atoms with E-state index >= 15 is 0 Å². The van der Waals surface area contributed by atoms with Crippen molar-refractivity contribution in [3.05, 3.63) is 83.9 Å². The molecule has 0 radical (unpaired) electrons. The number of hydrogen-bond acceptors (Lipinski definition) is 1. The molecule has 3 saturated carbocycles. The van der Waals surface area contributed by atoms with Crippen LogP contribution in [0.15, 0.2) is 72.8 Å². The minimum absolute atomic E-state index is 0.193. The van der Waals surface area contributed by atoms with Gasteiger partial charge in [0.2, 0.25) is 0 Å². The van der Waals surface area contributed by atoms with Crippen LogP contribution in [0.5, 0.6) is 11.5 Å². The smallest absolute Gasteiger partial charge is 0.127 e. The third-order valence-corrected chi connectivity index (χ3v) is 9.07. The number of para-hydroxylation sites is 1. The molecule has 30 heavy (non-hydrogen) atoms. The summed E-state index contributed by atoms with van der Waals surface area (Å²) in [5.41, 5.74) is 6.19. The fourth-order valence-electron chi connectivity index (χ4n) is 8.02. The van der Waals surface area contributed by atoms with E-state index in [0.717, 1.165) is 41.1 Å². The molecule has 150 valence electrons. The summed E-state index contributed by atoms with van der Waals surface area (Å²) in [5.74, 6) is 6.57. The second-order valence-electron chi connectivity index (χ2n) is 10.4. The standard InChI is InChI=1S/C29H28O/c1-18-13-19-14-24(18)26-17-29(16-25(19)26)27-10-6-5-9-22(27)23-12-11-21(15-28(23)29)30-20-7-3-2-4-8-20/h2-12,15,18-19,24-26H,13-14,16-17H2,1H3. The van der Waals surface area contributed by atoms with Gasteiger partial charge in [0.25, 0.3) is 0 Å². The van der Waals surface area contributed by atoms with Crippen LogP contribution >= 0.6 is 0 Å². The normalized spacial score (nSPS) is 34.8. The Labute approximate surface area is 179 Å². The van der Waals surface area contributed by atoms with E-state index in [4.69, 9.17) is 4.74 Å². The van der Waals surface area contributed by atoms with Crippen molar-refractivity contribution in [2.45, 2.75) is 38.0 Å². The first-order valence-electron chi connectivity index (χ1n) is 11.7. The first kappa shape index (κ1) is 17.2. The lowest BCUT2D eigenvalue weighted by molar-refractivity contribution is 0.201. The van der Waals surface area contributed by atoms with Gasteiger partial charge < -0.3 is 4.74 Å². The minimum atomic E-state index is 0.193. The van der Waals surface area contributed by atoms with Crippen molar-refractivity contribution < 1.29 is 4.74 Å². The highest BCUT2D eigenvalue weighted by Gasteiger charge is 2.61. The van der Waals surface area contributed by atoms with Gasteiger partial charge in [-0.05, 0) is 102 Å². The minimum Gasteiger partial charge on any atom is -0.457 e. The van der Waals surface area contributed by atoms with Crippen molar-refractivity contribution in [3.63, 3.8) is 0 Å². The van der Waals surface area contributed by atoms with E-state index in [1.165, 1.54) is 42.4 Å².